The summed E-state index contributed by atoms with van der Waals surface area (Å²) in [5.41, 5.74) is 1.25. The zero-order valence-corrected chi connectivity index (χ0v) is 12.3. The van der Waals surface area contributed by atoms with E-state index in [9.17, 15) is 9.50 Å². The maximum absolute atomic E-state index is 12.9. The molecule has 0 saturated heterocycles. The maximum atomic E-state index is 12.9. The van der Waals surface area contributed by atoms with Crippen molar-refractivity contribution in [1.29, 1.82) is 0 Å². The molecule has 0 fully saturated rings. The predicted molar refractivity (Wildman–Crippen MR) is 82.5 cm³/mol. The fourth-order valence-electron chi connectivity index (χ4n) is 1.73. The van der Waals surface area contributed by atoms with E-state index in [4.69, 9.17) is 11.6 Å². The van der Waals surface area contributed by atoms with Crippen molar-refractivity contribution in [2.75, 3.05) is 0 Å². The number of hydrogen-bond acceptors (Lipinski definition) is 3. The summed E-state index contributed by atoms with van der Waals surface area (Å²) >= 11 is 14.6. The van der Waals surface area contributed by atoms with Gasteiger partial charge in [-0.15, -0.1) is 0 Å². The lowest BCUT2D eigenvalue weighted by Crippen LogP contribution is -2.21. The van der Waals surface area contributed by atoms with Crippen molar-refractivity contribution in [2.24, 2.45) is 0 Å². The maximum Gasteiger partial charge on any atom is 0.123 e. The molecule has 1 unspecified atom stereocenters. The van der Waals surface area contributed by atoms with Crippen molar-refractivity contribution >= 4 is 36.9 Å². The summed E-state index contributed by atoms with van der Waals surface area (Å²) in [5, 5.41) is 11.0. The first kappa shape index (κ1) is 14.7. The highest BCUT2D eigenvalue weighted by atomic mass is 35.5. The zero-order chi connectivity index (χ0) is 14.0. The molecule has 2 aromatic carbocycles. The number of thiol groups is 2. The first-order chi connectivity index (χ1) is 8.91. The molecule has 0 amide bonds. The third kappa shape index (κ3) is 3.26. The van der Waals surface area contributed by atoms with Gasteiger partial charge in [-0.1, -0.05) is 35.9 Å². The van der Waals surface area contributed by atoms with Gasteiger partial charge in [0.15, 0.2) is 0 Å². The van der Waals surface area contributed by atoms with Crippen LogP contribution in [0.2, 0.25) is 5.02 Å². The van der Waals surface area contributed by atoms with Gasteiger partial charge in [0, 0.05) is 5.02 Å². The van der Waals surface area contributed by atoms with Gasteiger partial charge in [0.25, 0.3) is 0 Å². The Bertz CT molecular complexity index is 555. The predicted octanol–water partition coefficient (Wildman–Crippen LogP) is 4.23. The van der Waals surface area contributed by atoms with Gasteiger partial charge in [-0.25, -0.2) is 4.39 Å². The fourth-order valence-corrected chi connectivity index (χ4v) is 2.45. The number of halogens is 2. The summed E-state index contributed by atoms with van der Waals surface area (Å²) in [5.74, 6) is -0.345. The highest BCUT2D eigenvalue weighted by molar-refractivity contribution is 7.99. The molecule has 2 rings (SSSR count). The normalized spacial score (nSPS) is 13.3. The monoisotopic (exact) mass is 314 g/mol. The molecular weight excluding hydrogens is 303 g/mol. The van der Waals surface area contributed by atoms with Crippen LogP contribution in [0.5, 0.6) is 0 Å². The molecule has 0 heterocycles. The van der Waals surface area contributed by atoms with Gasteiger partial charge in [0.1, 0.15) is 16.0 Å². The lowest BCUT2D eigenvalue weighted by molar-refractivity contribution is 0.165. The summed E-state index contributed by atoms with van der Waals surface area (Å²) < 4.78 is 11.8. The Morgan fingerprint density at radius 2 is 1.53 bits per heavy atom. The van der Waals surface area contributed by atoms with Crippen molar-refractivity contribution in [2.45, 2.75) is 10.2 Å². The second kappa shape index (κ2) is 5.75. The number of hydrogen-bond donors (Lipinski definition) is 3. The Hall–Kier alpha value is -0.680. The molecule has 1 atom stereocenters. The van der Waals surface area contributed by atoms with Gasteiger partial charge in [-0.3, -0.25) is 0 Å². The van der Waals surface area contributed by atoms with Crippen LogP contribution in [-0.2, 0) is 4.08 Å². The molecule has 1 N–H and O–H groups in total. The van der Waals surface area contributed by atoms with Gasteiger partial charge >= 0.3 is 0 Å². The molecule has 1 nitrogen and oxygen atoms in total. The van der Waals surface area contributed by atoms with E-state index in [0.29, 0.717) is 16.1 Å². The van der Waals surface area contributed by atoms with Crippen LogP contribution in [0.4, 0.5) is 4.39 Å². The number of rotatable bonds is 3. The van der Waals surface area contributed by atoms with Crippen LogP contribution in [0.25, 0.3) is 0 Å². The molecule has 5 heteroatoms. The Morgan fingerprint density at radius 3 is 2.05 bits per heavy atom. The summed E-state index contributed by atoms with van der Waals surface area (Å²) in [6, 6.07) is 12.5. The van der Waals surface area contributed by atoms with Crippen molar-refractivity contribution < 1.29 is 9.50 Å². The van der Waals surface area contributed by atoms with Crippen LogP contribution in [0, 0.1) is 5.82 Å². The average Bonchev–Trinajstić information content (AvgIpc) is 2.39. The minimum absolute atomic E-state index is 0.345. The molecule has 0 aliphatic heterocycles. The second-order valence-electron chi connectivity index (χ2n) is 4.19. The molecule has 100 valence electrons. The first-order valence-corrected chi connectivity index (χ1v) is 6.83. The van der Waals surface area contributed by atoms with E-state index in [1.807, 2.05) is 0 Å². The van der Waals surface area contributed by atoms with Crippen LogP contribution in [0.1, 0.15) is 17.2 Å². The molecule has 0 radical (unpaired) electrons. The summed E-state index contributed by atoms with van der Waals surface area (Å²) in [7, 11) is 0. The largest absolute Gasteiger partial charge is 0.386 e. The molecule has 0 aliphatic rings. The van der Waals surface area contributed by atoms with E-state index >= 15 is 0 Å². The van der Waals surface area contributed by atoms with E-state index in [1.165, 1.54) is 12.1 Å². The third-order valence-corrected chi connectivity index (χ3v) is 4.09. The van der Waals surface area contributed by atoms with E-state index < -0.39 is 10.2 Å². The number of aliphatic hydroxyl groups is 1. The van der Waals surface area contributed by atoms with Crippen molar-refractivity contribution in [3.05, 3.63) is 70.5 Å². The quantitative estimate of drug-likeness (QED) is 0.572. The fraction of sp³-hybridized carbons (Fsp3) is 0.143. The van der Waals surface area contributed by atoms with E-state index in [2.05, 4.69) is 25.3 Å². The molecule has 0 aromatic heterocycles. The van der Waals surface area contributed by atoms with Crippen molar-refractivity contribution in [3.63, 3.8) is 0 Å². The first-order valence-electron chi connectivity index (χ1n) is 5.55. The number of aliphatic hydroxyl groups excluding tert-OH is 1. The van der Waals surface area contributed by atoms with Crippen LogP contribution < -0.4 is 0 Å². The molecule has 2 aromatic rings. The van der Waals surface area contributed by atoms with E-state index in [-0.39, 0.29) is 5.82 Å². The standard InChI is InChI=1S/C14H12ClFOS2/c15-11-5-1-9(2-6-11)13(17)14(18,19)10-3-7-12(16)8-4-10/h1-8,13,17-19H. The Balaban J connectivity index is 2.32. The van der Waals surface area contributed by atoms with Crippen LogP contribution in [0.3, 0.4) is 0 Å². The van der Waals surface area contributed by atoms with Crippen molar-refractivity contribution in [3.8, 4) is 0 Å². The Kier molecular flexibility index (Phi) is 4.46. The van der Waals surface area contributed by atoms with Gasteiger partial charge in [0.2, 0.25) is 0 Å². The van der Waals surface area contributed by atoms with Gasteiger partial charge in [-0.05, 0) is 35.4 Å². The smallest absolute Gasteiger partial charge is 0.123 e. The Labute approximate surface area is 127 Å². The van der Waals surface area contributed by atoms with Crippen molar-refractivity contribution in [1.82, 2.24) is 0 Å². The summed E-state index contributed by atoms with van der Waals surface area (Å²) in [6.07, 6.45) is -0.957. The highest BCUT2D eigenvalue weighted by Gasteiger charge is 2.33. The molecule has 0 spiro atoms. The summed E-state index contributed by atoms with van der Waals surface area (Å²) in [4.78, 5) is 0. The molecule has 0 bridgehead atoms. The molecule has 0 saturated carbocycles. The molecule has 0 aliphatic carbocycles. The lowest BCUT2D eigenvalue weighted by atomic mass is 10.00. The van der Waals surface area contributed by atoms with Gasteiger partial charge in [-0.2, -0.15) is 25.3 Å². The van der Waals surface area contributed by atoms with E-state index in [1.54, 1.807) is 36.4 Å². The molecular formula is C14H12ClFOS2. The minimum atomic E-state index is -1.12. The van der Waals surface area contributed by atoms with E-state index in [0.717, 1.165) is 0 Å². The highest BCUT2D eigenvalue weighted by Crippen LogP contribution is 2.44. The topological polar surface area (TPSA) is 20.2 Å². The third-order valence-electron chi connectivity index (χ3n) is 2.84. The average molecular weight is 315 g/mol. The summed E-state index contributed by atoms with van der Waals surface area (Å²) in [6.45, 7) is 0. The van der Waals surface area contributed by atoms with Crippen LogP contribution in [0.15, 0.2) is 48.5 Å². The zero-order valence-electron chi connectivity index (χ0n) is 9.79. The minimum Gasteiger partial charge on any atom is -0.386 e. The van der Waals surface area contributed by atoms with Gasteiger partial charge in [0.05, 0.1) is 0 Å². The lowest BCUT2D eigenvalue weighted by Gasteiger charge is -2.29. The van der Waals surface area contributed by atoms with Crippen LogP contribution >= 0.6 is 36.9 Å². The van der Waals surface area contributed by atoms with Crippen LogP contribution in [-0.4, -0.2) is 5.11 Å². The Morgan fingerprint density at radius 1 is 1.00 bits per heavy atom. The SMILES string of the molecule is OC(c1ccc(Cl)cc1)C(S)(S)c1ccc(F)cc1. The number of benzene rings is 2. The molecule has 19 heavy (non-hydrogen) atoms. The van der Waals surface area contributed by atoms with Gasteiger partial charge < -0.3 is 5.11 Å². The second-order valence-corrected chi connectivity index (χ2v) is 6.39.